The molecule has 2 heterocycles. The zero-order valence-electron chi connectivity index (χ0n) is 13.8. The van der Waals surface area contributed by atoms with E-state index in [0.717, 1.165) is 37.9 Å². The van der Waals surface area contributed by atoms with Crippen molar-refractivity contribution in [2.24, 2.45) is 5.92 Å². The third kappa shape index (κ3) is 3.32. The molecule has 0 N–H and O–H groups in total. The molecule has 3 rings (SSSR count). The van der Waals surface area contributed by atoms with Crippen LogP contribution in [0, 0.1) is 5.92 Å². The highest BCUT2D eigenvalue weighted by molar-refractivity contribution is 5.91. The van der Waals surface area contributed by atoms with Crippen LogP contribution in [-0.2, 0) is 13.1 Å². The average molecular weight is 305 g/mol. The number of carbonyl (C=O) groups is 1. The van der Waals surface area contributed by atoms with Crippen LogP contribution >= 0.6 is 0 Å². The van der Waals surface area contributed by atoms with E-state index >= 15 is 0 Å². The van der Waals surface area contributed by atoms with Gasteiger partial charge in [-0.3, -0.25) is 9.69 Å². The van der Waals surface area contributed by atoms with Gasteiger partial charge < -0.3 is 9.47 Å². The van der Waals surface area contributed by atoms with Crippen LogP contribution in [0.5, 0.6) is 0 Å². The summed E-state index contributed by atoms with van der Waals surface area (Å²) < 4.78 is 1.99. The van der Waals surface area contributed by atoms with Crippen LogP contribution in [-0.4, -0.2) is 57.7 Å². The molecule has 2 aliphatic rings. The molecule has 0 saturated heterocycles. The van der Waals surface area contributed by atoms with E-state index in [1.165, 1.54) is 38.5 Å². The Hall–Kier alpha value is -1.43. The number of aromatic nitrogens is 3. The number of carbonyl (C=O) groups excluding carboxylic acids is 1. The average Bonchev–Trinajstić information content (AvgIpc) is 2.93. The van der Waals surface area contributed by atoms with Crippen molar-refractivity contribution in [3.63, 3.8) is 0 Å². The van der Waals surface area contributed by atoms with Gasteiger partial charge in [0.25, 0.3) is 5.91 Å². The van der Waals surface area contributed by atoms with Gasteiger partial charge in [-0.15, -0.1) is 10.2 Å². The Bertz CT molecular complexity index is 521. The summed E-state index contributed by atoms with van der Waals surface area (Å²) in [7, 11) is 3.96. The van der Waals surface area contributed by atoms with Crippen molar-refractivity contribution in [1.29, 1.82) is 0 Å². The van der Waals surface area contributed by atoms with Crippen molar-refractivity contribution in [2.45, 2.75) is 51.6 Å². The van der Waals surface area contributed by atoms with E-state index in [4.69, 9.17) is 0 Å². The molecule has 0 bridgehead atoms. The maximum atomic E-state index is 12.0. The van der Waals surface area contributed by atoms with Crippen molar-refractivity contribution in [3.05, 3.63) is 11.6 Å². The normalized spacial score (nSPS) is 19.8. The van der Waals surface area contributed by atoms with Gasteiger partial charge in [0.2, 0.25) is 5.82 Å². The number of amides is 1. The first-order valence-electron chi connectivity index (χ1n) is 8.51. The van der Waals surface area contributed by atoms with Crippen LogP contribution in [0.3, 0.4) is 0 Å². The van der Waals surface area contributed by atoms with Gasteiger partial charge in [0.15, 0.2) is 0 Å². The fraction of sp³-hybridized carbons (Fsp3) is 0.812. The Morgan fingerprint density at radius 3 is 2.73 bits per heavy atom. The maximum Gasteiger partial charge on any atom is 0.291 e. The quantitative estimate of drug-likeness (QED) is 0.832. The van der Waals surface area contributed by atoms with Gasteiger partial charge >= 0.3 is 0 Å². The molecule has 0 atom stereocenters. The molecular formula is C16H27N5O. The molecule has 22 heavy (non-hydrogen) atoms. The predicted molar refractivity (Wildman–Crippen MR) is 84.5 cm³/mol. The number of hydrogen-bond donors (Lipinski definition) is 0. The molecule has 0 radical (unpaired) electrons. The van der Waals surface area contributed by atoms with Crippen LogP contribution in [0.25, 0.3) is 0 Å². The molecule has 1 aliphatic carbocycles. The number of likely N-dealkylation sites (N-methyl/N-ethyl adjacent to an activating group) is 1. The molecule has 0 aromatic carbocycles. The summed E-state index contributed by atoms with van der Waals surface area (Å²) in [5.74, 6) is 2.29. The third-order valence-electron chi connectivity index (χ3n) is 5.08. The Balaban J connectivity index is 1.54. The zero-order chi connectivity index (χ0) is 15.5. The van der Waals surface area contributed by atoms with Crippen LogP contribution in [0.1, 0.15) is 55.0 Å². The minimum Gasteiger partial charge on any atom is -0.337 e. The maximum absolute atomic E-state index is 12.0. The van der Waals surface area contributed by atoms with Crippen molar-refractivity contribution < 1.29 is 4.79 Å². The third-order valence-corrected chi connectivity index (χ3v) is 5.08. The lowest BCUT2D eigenvalue weighted by Gasteiger charge is -2.26. The second-order valence-corrected chi connectivity index (χ2v) is 6.85. The molecule has 1 aromatic heterocycles. The molecule has 1 fully saturated rings. The number of nitrogens with zero attached hydrogens (tertiary/aromatic N) is 5. The largest absolute Gasteiger partial charge is 0.337 e. The number of hydrogen-bond acceptors (Lipinski definition) is 4. The Labute approximate surface area is 132 Å². The monoisotopic (exact) mass is 305 g/mol. The molecule has 122 valence electrons. The van der Waals surface area contributed by atoms with Gasteiger partial charge in [0.1, 0.15) is 5.82 Å². The van der Waals surface area contributed by atoms with E-state index in [9.17, 15) is 4.79 Å². The van der Waals surface area contributed by atoms with Crippen molar-refractivity contribution in [2.75, 3.05) is 27.2 Å². The van der Waals surface area contributed by atoms with Gasteiger partial charge in [-0.1, -0.05) is 32.1 Å². The zero-order valence-corrected chi connectivity index (χ0v) is 13.8. The molecule has 1 aromatic rings. The van der Waals surface area contributed by atoms with E-state index in [2.05, 4.69) is 22.1 Å². The van der Waals surface area contributed by atoms with Gasteiger partial charge in [-0.05, 0) is 25.9 Å². The van der Waals surface area contributed by atoms with Crippen molar-refractivity contribution in [3.8, 4) is 0 Å². The fourth-order valence-corrected chi connectivity index (χ4v) is 3.57. The standard InChI is InChI=1S/C16H27N5O/c1-19(9-8-13-6-4-3-5-7-13)12-14-17-18-15-16(22)20(2)10-11-21(14)15/h13H,3-12H2,1-2H3. The topological polar surface area (TPSA) is 54.3 Å². The summed E-state index contributed by atoms with van der Waals surface area (Å²) in [5.41, 5.74) is 0. The molecule has 1 aliphatic heterocycles. The second-order valence-electron chi connectivity index (χ2n) is 6.85. The van der Waals surface area contributed by atoms with Crippen LogP contribution in [0.4, 0.5) is 0 Å². The van der Waals surface area contributed by atoms with E-state index in [0.29, 0.717) is 5.82 Å². The lowest BCUT2D eigenvalue weighted by molar-refractivity contribution is 0.0739. The van der Waals surface area contributed by atoms with E-state index < -0.39 is 0 Å². The first kappa shape index (κ1) is 15.5. The van der Waals surface area contributed by atoms with Crippen molar-refractivity contribution >= 4 is 5.91 Å². The van der Waals surface area contributed by atoms with E-state index in [-0.39, 0.29) is 5.91 Å². The Morgan fingerprint density at radius 1 is 1.18 bits per heavy atom. The van der Waals surface area contributed by atoms with Gasteiger partial charge in [0, 0.05) is 20.1 Å². The summed E-state index contributed by atoms with van der Waals surface area (Å²) in [6.45, 7) is 3.41. The Morgan fingerprint density at radius 2 is 1.95 bits per heavy atom. The summed E-state index contributed by atoms with van der Waals surface area (Å²) in [6, 6.07) is 0. The highest BCUT2D eigenvalue weighted by Gasteiger charge is 2.26. The highest BCUT2D eigenvalue weighted by atomic mass is 16.2. The van der Waals surface area contributed by atoms with Gasteiger partial charge in [0.05, 0.1) is 6.54 Å². The Kier molecular flexibility index (Phi) is 4.76. The lowest BCUT2D eigenvalue weighted by Crippen LogP contribution is -2.38. The van der Waals surface area contributed by atoms with Gasteiger partial charge in [-0.25, -0.2) is 0 Å². The number of fused-ring (bicyclic) bond motifs is 1. The summed E-state index contributed by atoms with van der Waals surface area (Å²) in [4.78, 5) is 16.1. The van der Waals surface area contributed by atoms with Crippen molar-refractivity contribution in [1.82, 2.24) is 24.6 Å². The van der Waals surface area contributed by atoms with Gasteiger partial charge in [-0.2, -0.15) is 0 Å². The van der Waals surface area contributed by atoms with Crippen LogP contribution < -0.4 is 0 Å². The number of rotatable bonds is 5. The van der Waals surface area contributed by atoms with Crippen LogP contribution in [0.15, 0.2) is 0 Å². The predicted octanol–water partition coefficient (Wildman–Crippen LogP) is 1.77. The summed E-state index contributed by atoms with van der Waals surface area (Å²) in [5, 5.41) is 8.33. The highest BCUT2D eigenvalue weighted by Crippen LogP contribution is 2.26. The smallest absolute Gasteiger partial charge is 0.291 e. The lowest BCUT2D eigenvalue weighted by atomic mass is 9.87. The molecule has 6 nitrogen and oxygen atoms in total. The molecule has 6 heteroatoms. The minimum atomic E-state index is -0.0186. The molecule has 1 amide bonds. The second kappa shape index (κ2) is 6.77. The summed E-state index contributed by atoms with van der Waals surface area (Å²) in [6.07, 6.45) is 8.30. The molecule has 0 unspecified atom stereocenters. The molecular weight excluding hydrogens is 278 g/mol. The fourth-order valence-electron chi connectivity index (χ4n) is 3.57. The van der Waals surface area contributed by atoms with E-state index in [1.54, 1.807) is 4.90 Å². The SMILES string of the molecule is CN(CCC1CCCCC1)Cc1nnc2n1CCN(C)C2=O. The first-order chi connectivity index (χ1) is 10.6. The first-order valence-corrected chi connectivity index (χ1v) is 8.51. The summed E-state index contributed by atoms with van der Waals surface area (Å²) >= 11 is 0. The van der Waals surface area contributed by atoms with E-state index in [1.807, 2.05) is 11.6 Å². The molecule has 0 spiro atoms. The minimum absolute atomic E-state index is 0.0186. The molecule has 1 saturated carbocycles. The van der Waals surface area contributed by atoms with Crippen LogP contribution in [0.2, 0.25) is 0 Å².